The van der Waals surface area contributed by atoms with Gasteiger partial charge in [-0.2, -0.15) is 0 Å². The molecule has 0 saturated heterocycles. The fourth-order valence-electron chi connectivity index (χ4n) is 6.70. The smallest absolute Gasteiger partial charge is 0.0448 e. The minimum atomic E-state index is 1.26. The van der Waals surface area contributed by atoms with E-state index in [0.717, 1.165) is 0 Å². The monoisotopic (exact) mass is 568 g/mol. The van der Waals surface area contributed by atoms with Crippen LogP contribution >= 0.6 is 22.7 Å². The van der Waals surface area contributed by atoms with Crippen molar-refractivity contribution in [2.45, 2.75) is 0 Å². The van der Waals surface area contributed by atoms with E-state index >= 15 is 0 Å². The molecule has 0 aliphatic carbocycles. The summed E-state index contributed by atoms with van der Waals surface area (Å²) in [5.41, 5.74) is 7.76. The summed E-state index contributed by atoms with van der Waals surface area (Å²) >= 11 is 3.77. The van der Waals surface area contributed by atoms with Crippen LogP contribution in [0.1, 0.15) is 0 Å². The maximum Gasteiger partial charge on any atom is 0.0448 e. The average molecular weight is 569 g/mol. The van der Waals surface area contributed by atoms with Crippen molar-refractivity contribution < 1.29 is 0 Å². The summed E-state index contributed by atoms with van der Waals surface area (Å²) < 4.78 is 4.07. The topological polar surface area (TPSA) is 0 Å². The third-order valence-corrected chi connectivity index (χ3v) is 10.7. The van der Waals surface area contributed by atoms with Gasteiger partial charge in [-0.05, 0) is 66.9 Å². The van der Waals surface area contributed by atoms with Gasteiger partial charge in [0.15, 0.2) is 0 Å². The van der Waals surface area contributed by atoms with Gasteiger partial charge in [0, 0.05) is 35.8 Å². The maximum absolute atomic E-state index is 2.43. The van der Waals surface area contributed by atoms with Crippen LogP contribution in [0.2, 0.25) is 0 Å². The molecule has 2 aromatic heterocycles. The standard InChI is InChI=1S/C40H24S2/c1-3-11-25(12-4-1)34-24-41-35-22-21-33-28-20-19-27(23-36(28)42-40(33)39(34)35)38-31-17-9-7-15-29(31)37(26-13-5-2-6-14-26)30-16-8-10-18-32(30)38/h1-24H. The highest BCUT2D eigenvalue weighted by atomic mass is 32.1. The SMILES string of the molecule is c1ccc(-c2c3ccccc3c(-c3ccc4c(c3)sc3c4ccc4scc(-c5ccccc5)c43)c3ccccc23)cc1. The molecule has 0 fully saturated rings. The molecule has 0 radical (unpaired) electrons. The van der Waals surface area contributed by atoms with Crippen LogP contribution in [-0.4, -0.2) is 0 Å². The van der Waals surface area contributed by atoms with E-state index in [4.69, 9.17) is 0 Å². The van der Waals surface area contributed by atoms with Gasteiger partial charge in [-0.25, -0.2) is 0 Å². The number of hydrogen-bond donors (Lipinski definition) is 0. The van der Waals surface area contributed by atoms with E-state index < -0.39 is 0 Å². The van der Waals surface area contributed by atoms with E-state index in [-0.39, 0.29) is 0 Å². The Morgan fingerprint density at radius 2 is 0.929 bits per heavy atom. The Morgan fingerprint density at radius 1 is 0.381 bits per heavy atom. The first-order valence-corrected chi connectivity index (χ1v) is 16.0. The molecule has 196 valence electrons. The molecular weight excluding hydrogens is 545 g/mol. The molecule has 2 heteroatoms. The first-order valence-electron chi connectivity index (χ1n) is 14.3. The van der Waals surface area contributed by atoms with E-state index in [9.17, 15) is 0 Å². The number of benzene rings is 7. The lowest BCUT2D eigenvalue weighted by atomic mass is 9.86. The Labute approximate surface area is 251 Å². The van der Waals surface area contributed by atoms with Crippen LogP contribution in [-0.2, 0) is 0 Å². The maximum atomic E-state index is 2.43. The lowest BCUT2D eigenvalue weighted by molar-refractivity contribution is 1.66. The molecule has 9 aromatic rings. The number of hydrogen-bond acceptors (Lipinski definition) is 2. The molecule has 2 heterocycles. The van der Waals surface area contributed by atoms with E-state index in [0.29, 0.717) is 0 Å². The van der Waals surface area contributed by atoms with E-state index in [1.54, 1.807) is 0 Å². The molecule has 0 aliphatic heterocycles. The summed E-state index contributed by atoms with van der Waals surface area (Å²) in [5.74, 6) is 0. The van der Waals surface area contributed by atoms with Gasteiger partial charge in [-0.15, -0.1) is 22.7 Å². The second-order valence-corrected chi connectivity index (χ2v) is 12.8. The van der Waals surface area contributed by atoms with Crippen LogP contribution in [0.25, 0.3) is 85.2 Å². The molecule has 0 unspecified atom stereocenters. The summed E-state index contributed by atoms with van der Waals surface area (Å²) in [6.45, 7) is 0. The second kappa shape index (κ2) is 9.39. The molecule has 42 heavy (non-hydrogen) atoms. The molecule has 0 N–H and O–H groups in total. The van der Waals surface area contributed by atoms with Gasteiger partial charge in [0.05, 0.1) is 0 Å². The van der Waals surface area contributed by atoms with Crippen molar-refractivity contribution in [3.05, 3.63) is 145 Å². The Bertz CT molecular complexity index is 2390. The van der Waals surface area contributed by atoms with Crippen LogP contribution in [0, 0.1) is 0 Å². The highest BCUT2D eigenvalue weighted by Gasteiger charge is 2.18. The summed E-state index contributed by atoms with van der Waals surface area (Å²) in [5, 5.41) is 11.6. The Morgan fingerprint density at radius 3 is 1.57 bits per heavy atom. The zero-order chi connectivity index (χ0) is 27.6. The van der Waals surface area contributed by atoms with Crippen LogP contribution in [0.3, 0.4) is 0 Å². The van der Waals surface area contributed by atoms with Gasteiger partial charge in [-0.3, -0.25) is 0 Å². The average Bonchev–Trinajstić information content (AvgIpc) is 3.66. The first kappa shape index (κ1) is 23.9. The minimum absolute atomic E-state index is 1.26. The molecule has 0 saturated carbocycles. The van der Waals surface area contributed by atoms with Crippen molar-refractivity contribution in [2.75, 3.05) is 0 Å². The van der Waals surface area contributed by atoms with Gasteiger partial charge >= 0.3 is 0 Å². The van der Waals surface area contributed by atoms with Crippen LogP contribution < -0.4 is 0 Å². The minimum Gasteiger partial charge on any atom is -0.143 e. The lowest BCUT2D eigenvalue weighted by Crippen LogP contribution is -1.90. The first-order chi connectivity index (χ1) is 20.8. The van der Waals surface area contributed by atoms with Crippen molar-refractivity contribution in [1.29, 1.82) is 0 Å². The second-order valence-electron chi connectivity index (χ2n) is 10.9. The zero-order valence-electron chi connectivity index (χ0n) is 22.7. The Hall–Kier alpha value is -4.76. The molecular formula is C40H24S2. The van der Waals surface area contributed by atoms with E-state index in [2.05, 4.69) is 145 Å². The molecule has 9 rings (SSSR count). The van der Waals surface area contributed by atoms with Crippen LogP contribution in [0.4, 0.5) is 0 Å². The van der Waals surface area contributed by atoms with Crippen molar-refractivity contribution >= 4 is 74.5 Å². The highest BCUT2D eigenvalue weighted by molar-refractivity contribution is 7.27. The molecule has 0 amide bonds. The lowest BCUT2D eigenvalue weighted by Gasteiger charge is -2.17. The number of fused-ring (bicyclic) bond motifs is 7. The van der Waals surface area contributed by atoms with Crippen molar-refractivity contribution in [3.63, 3.8) is 0 Å². The summed E-state index contributed by atoms with van der Waals surface area (Å²) in [4.78, 5) is 0. The predicted molar refractivity (Wildman–Crippen MR) is 186 cm³/mol. The van der Waals surface area contributed by atoms with Gasteiger partial charge in [-0.1, -0.05) is 127 Å². The summed E-state index contributed by atoms with van der Waals surface area (Å²) in [7, 11) is 0. The number of thiophene rings is 2. The van der Waals surface area contributed by atoms with Crippen molar-refractivity contribution in [3.8, 4) is 33.4 Å². The molecule has 7 aromatic carbocycles. The molecule has 0 nitrogen and oxygen atoms in total. The third kappa shape index (κ3) is 3.53. The fraction of sp³-hybridized carbons (Fsp3) is 0. The number of rotatable bonds is 3. The Balaban J connectivity index is 1.33. The molecule has 0 aliphatic rings. The highest BCUT2D eigenvalue weighted by Crippen LogP contribution is 2.47. The van der Waals surface area contributed by atoms with Gasteiger partial charge < -0.3 is 0 Å². The zero-order valence-corrected chi connectivity index (χ0v) is 24.3. The normalized spacial score (nSPS) is 11.8. The van der Waals surface area contributed by atoms with Crippen molar-refractivity contribution in [2.24, 2.45) is 0 Å². The van der Waals surface area contributed by atoms with E-state index in [1.807, 2.05) is 22.7 Å². The molecule has 0 bridgehead atoms. The van der Waals surface area contributed by atoms with Gasteiger partial charge in [0.2, 0.25) is 0 Å². The summed E-state index contributed by atoms with van der Waals surface area (Å²) in [6, 6.07) is 51.2. The molecule has 0 spiro atoms. The van der Waals surface area contributed by atoms with Crippen LogP contribution in [0.15, 0.2) is 145 Å². The van der Waals surface area contributed by atoms with Gasteiger partial charge in [0.25, 0.3) is 0 Å². The van der Waals surface area contributed by atoms with Crippen LogP contribution in [0.5, 0.6) is 0 Å². The summed E-state index contributed by atoms with van der Waals surface area (Å²) in [6.07, 6.45) is 0. The van der Waals surface area contributed by atoms with Gasteiger partial charge in [0.1, 0.15) is 0 Å². The largest absolute Gasteiger partial charge is 0.143 e. The van der Waals surface area contributed by atoms with Crippen molar-refractivity contribution in [1.82, 2.24) is 0 Å². The molecule has 0 atom stereocenters. The van der Waals surface area contributed by atoms with E-state index in [1.165, 1.54) is 85.2 Å². The fourth-order valence-corrected chi connectivity index (χ4v) is 9.04. The quantitative estimate of drug-likeness (QED) is 0.186. The predicted octanol–water partition coefficient (Wildman–Crippen LogP) is 12.6. The third-order valence-electron chi connectivity index (χ3n) is 8.54. The Kier molecular flexibility index (Phi) is 5.34.